The van der Waals surface area contributed by atoms with Crippen LogP contribution in [0.1, 0.15) is 62.1 Å². The number of carbonyl (C=O) groups is 1. The number of nitrogens with zero attached hydrogens (tertiary/aromatic N) is 4. The van der Waals surface area contributed by atoms with Crippen molar-refractivity contribution in [2.24, 2.45) is 11.8 Å². The first kappa shape index (κ1) is 25.4. The second-order valence-corrected chi connectivity index (χ2v) is 10.3. The molecule has 4 unspecified atom stereocenters. The summed E-state index contributed by atoms with van der Waals surface area (Å²) < 4.78 is 53.7. The number of fused-ring (bicyclic) bond motifs is 2. The molecule has 7 nitrogen and oxygen atoms in total. The number of benzene rings is 1. The van der Waals surface area contributed by atoms with Gasteiger partial charge in [-0.15, -0.1) is 0 Å². The highest BCUT2D eigenvalue weighted by molar-refractivity contribution is 5.94. The van der Waals surface area contributed by atoms with Gasteiger partial charge in [0.25, 0.3) is 5.91 Å². The standard InChI is InChI=1S/C27H31F3N4O3/c1-15-5-9-21-18(11-15)7-6-16(2)33(21)26(35)20-14-25-31-19(13-24(27(28,29)30)34(25)32-20)17-8-10-22(36-3)23(12-17)37-4/h8,10,12-16,18,21H,5-7,9,11H2,1-4H3. The number of amides is 1. The van der Waals surface area contributed by atoms with Crippen LogP contribution in [0.3, 0.4) is 0 Å². The minimum atomic E-state index is -4.71. The van der Waals surface area contributed by atoms with Crippen molar-refractivity contribution in [1.82, 2.24) is 19.5 Å². The van der Waals surface area contributed by atoms with E-state index in [1.165, 1.54) is 20.3 Å². The van der Waals surface area contributed by atoms with E-state index in [4.69, 9.17) is 9.47 Å². The Hall–Kier alpha value is -3.30. The first-order valence-electron chi connectivity index (χ1n) is 12.6. The Kier molecular flexibility index (Phi) is 6.53. The smallest absolute Gasteiger partial charge is 0.433 e. The first-order valence-corrected chi connectivity index (χ1v) is 12.6. The molecular formula is C27H31F3N4O3. The molecule has 1 aromatic carbocycles. The van der Waals surface area contributed by atoms with Crippen LogP contribution in [-0.2, 0) is 6.18 Å². The summed E-state index contributed by atoms with van der Waals surface area (Å²) in [7, 11) is 2.93. The molecule has 0 spiro atoms. The molecule has 1 saturated carbocycles. The van der Waals surface area contributed by atoms with Crippen LogP contribution in [0.15, 0.2) is 30.3 Å². The van der Waals surface area contributed by atoms with Crippen molar-refractivity contribution < 1.29 is 27.4 Å². The highest BCUT2D eigenvalue weighted by Crippen LogP contribution is 2.41. The Bertz CT molecular complexity index is 1320. The van der Waals surface area contributed by atoms with E-state index in [1.807, 2.05) is 11.8 Å². The van der Waals surface area contributed by atoms with Gasteiger partial charge in [0.15, 0.2) is 28.5 Å². The Morgan fingerprint density at radius 2 is 1.76 bits per heavy atom. The molecule has 1 aliphatic heterocycles. The maximum atomic E-state index is 14.1. The zero-order chi connectivity index (χ0) is 26.5. The number of hydrogen-bond donors (Lipinski definition) is 0. The summed E-state index contributed by atoms with van der Waals surface area (Å²) in [6.07, 6.45) is 0.257. The summed E-state index contributed by atoms with van der Waals surface area (Å²) in [6.45, 7) is 4.25. The van der Waals surface area contributed by atoms with Crippen molar-refractivity contribution in [3.05, 3.63) is 41.7 Å². The minimum absolute atomic E-state index is 0.00402. The number of aromatic nitrogens is 3. The molecule has 5 rings (SSSR count). The van der Waals surface area contributed by atoms with E-state index in [1.54, 1.807) is 18.2 Å². The quantitative estimate of drug-likeness (QED) is 0.434. The van der Waals surface area contributed by atoms with Crippen molar-refractivity contribution in [3.63, 3.8) is 0 Å². The lowest BCUT2D eigenvalue weighted by Gasteiger charge is -2.48. The molecule has 3 aromatic rings. The number of likely N-dealkylation sites (tertiary alicyclic amines) is 1. The van der Waals surface area contributed by atoms with E-state index < -0.39 is 11.9 Å². The summed E-state index contributed by atoms with van der Waals surface area (Å²) in [5.74, 6) is 1.53. The molecule has 1 aliphatic carbocycles. The van der Waals surface area contributed by atoms with E-state index in [-0.39, 0.29) is 35.0 Å². The minimum Gasteiger partial charge on any atom is -0.493 e. The van der Waals surface area contributed by atoms with E-state index in [0.29, 0.717) is 28.9 Å². The number of alkyl halides is 3. The van der Waals surface area contributed by atoms with E-state index in [2.05, 4.69) is 17.0 Å². The Balaban J connectivity index is 1.57. The number of methoxy groups -OCH3 is 2. The summed E-state index contributed by atoms with van der Waals surface area (Å²) in [5.41, 5.74) is -0.552. The summed E-state index contributed by atoms with van der Waals surface area (Å²) in [4.78, 5) is 20.0. The second-order valence-electron chi connectivity index (χ2n) is 10.3. The van der Waals surface area contributed by atoms with Gasteiger partial charge in [0.1, 0.15) is 0 Å². The van der Waals surface area contributed by atoms with Crippen molar-refractivity contribution in [2.45, 2.75) is 64.2 Å². The monoisotopic (exact) mass is 516 g/mol. The fourth-order valence-corrected chi connectivity index (χ4v) is 5.99. The third kappa shape index (κ3) is 4.62. The number of halogens is 3. The van der Waals surface area contributed by atoms with Gasteiger partial charge in [0.2, 0.25) is 0 Å². The summed E-state index contributed by atoms with van der Waals surface area (Å²) in [5, 5.41) is 4.14. The Morgan fingerprint density at radius 3 is 2.46 bits per heavy atom. The van der Waals surface area contributed by atoms with Gasteiger partial charge in [-0.1, -0.05) is 6.92 Å². The van der Waals surface area contributed by atoms with Crippen LogP contribution in [0.5, 0.6) is 11.5 Å². The van der Waals surface area contributed by atoms with Crippen LogP contribution >= 0.6 is 0 Å². The molecule has 37 heavy (non-hydrogen) atoms. The van der Waals surface area contributed by atoms with E-state index in [9.17, 15) is 18.0 Å². The van der Waals surface area contributed by atoms with Gasteiger partial charge in [-0.2, -0.15) is 18.3 Å². The Labute approximate surface area is 213 Å². The molecule has 0 radical (unpaired) electrons. The predicted molar refractivity (Wildman–Crippen MR) is 132 cm³/mol. The van der Waals surface area contributed by atoms with Crippen LogP contribution in [0.4, 0.5) is 13.2 Å². The van der Waals surface area contributed by atoms with Crippen molar-refractivity contribution in [2.75, 3.05) is 14.2 Å². The van der Waals surface area contributed by atoms with Gasteiger partial charge < -0.3 is 14.4 Å². The van der Waals surface area contributed by atoms with Crippen LogP contribution < -0.4 is 9.47 Å². The first-order chi connectivity index (χ1) is 17.6. The van der Waals surface area contributed by atoms with E-state index in [0.717, 1.165) is 42.7 Å². The maximum absolute atomic E-state index is 14.1. The number of ether oxygens (including phenoxy) is 2. The highest BCUT2D eigenvalue weighted by Gasteiger charge is 2.42. The van der Waals surface area contributed by atoms with Gasteiger partial charge in [-0.25, -0.2) is 9.50 Å². The molecule has 2 fully saturated rings. The second kappa shape index (κ2) is 9.54. The lowest BCUT2D eigenvalue weighted by atomic mass is 9.72. The molecule has 3 heterocycles. The predicted octanol–water partition coefficient (Wildman–Crippen LogP) is 5.86. The zero-order valence-electron chi connectivity index (χ0n) is 21.4. The van der Waals surface area contributed by atoms with Crippen molar-refractivity contribution in [1.29, 1.82) is 0 Å². The molecule has 10 heteroatoms. The molecule has 1 amide bonds. The van der Waals surface area contributed by atoms with E-state index >= 15 is 0 Å². The van der Waals surface area contributed by atoms with Crippen LogP contribution in [0, 0.1) is 11.8 Å². The molecule has 198 valence electrons. The molecule has 2 aliphatic rings. The summed E-state index contributed by atoms with van der Waals surface area (Å²) in [6, 6.07) is 7.19. The third-order valence-corrected chi connectivity index (χ3v) is 7.84. The Morgan fingerprint density at radius 1 is 1.00 bits per heavy atom. The zero-order valence-corrected chi connectivity index (χ0v) is 21.4. The van der Waals surface area contributed by atoms with Crippen LogP contribution in [0.2, 0.25) is 0 Å². The van der Waals surface area contributed by atoms with Crippen LogP contribution in [-0.4, -0.2) is 51.7 Å². The van der Waals surface area contributed by atoms with Gasteiger partial charge >= 0.3 is 6.18 Å². The topological polar surface area (TPSA) is 69.0 Å². The van der Waals surface area contributed by atoms with Gasteiger partial charge in [-0.3, -0.25) is 4.79 Å². The lowest BCUT2D eigenvalue weighted by Crippen LogP contribution is -2.54. The largest absolute Gasteiger partial charge is 0.493 e. The third-order valence-electron chi connectivity index (χ3n) is 7.84. The number of rotatable bonds is 4. The molecular weight excluding hydrogens is 485 g/mol. The molecule has 1 saturated heterocycles. The average molecular weight is 517 g/mol. The number of piperidine rings is 1. The number of carbonyl (C=O) groups excluding carboxylic acids is 1. The fourth-order valence-electron chi connectivity index (χ4n) is 5.99. The van der Waals surface area contributed by atoms with Crippen molar-refractivity contribution >= 4 is 11.6 Å². The molecule has 0 bridgehead atoms. The number of hydrogen-bond acceptors (Lipinski definition) is 5. The molecule has 0 N–H and O–H groups in total. The SMILES string of the molecule is COc1ccc(-c2cc(C(F)(F)F)n3nc(C(=O)N4C(C)CCC5CC(C)CCC54)cc3n2)cc1OC. The molecule has 2 aromatic heterocycles. The summed E-state index contributed by atoms with van der Waals surface area (Å²) >= 11 is 0. The average Bonchev–Trinajstić information content (AvgIpc) is 3.31. The van der Waals surface area contributed by atoms with Gasteiger partial charge in [0.05, 0.1) is 19.9 Å². The normalized spacial score (nSPS) is 24.1. The van der Waals surface area contributed by atoms with Gasteiger partial charge in [-0.05, 0) is 75.1 Å². The fraction of sp³-hybridized carbons (Fsp3) is 0.519. The van der Waals surface area contributed by atoms with Crippen molar-refractivity contribution in [3.8, 4) is 22.8 Å². The lowest BCUT2D eigenvalue weighted by molar-refractivity contribution is -0.142. The van der Waals surface area contributed by atoms with Gasteiger partial charge in [0, 0.05) is 23.7 Å². The molecule has 4 atom stereocenters. The highest BCUT2D eigenvalue weighted by atomic mass is 19.4. The van der Waals surface area contributed by atoms with Crippen LogP contribution in [0.25, 0.3) is 16.9 Å². The maximum Gasteiger partial charge on any atom is 0.433 e.